The number of rotatable bonds is 0. The first kappa shape index (κ1) is 13.7. The first-order chi connectivity index (χ1) is 8.93. The van der Waals surface area contributed by atoms with Crippen molar-refractivity contribution in [1.29, 1.82) is 0 Å². The van der Waals surface area contributed by atoms with Gasteiger partial charge in [-0.25, -0.2) is 0 Å². The van der Waals surface area contributed by atoms with Gasteiger partial charge in [0.05, 0.1) is 0 Å². The highest BCUT2D eigenvalue weighted by Gasteiger charge is 2.10. The quantitative estimate of drug-likeness (QED) is 0.649. The third-order valence-corrected chi connectivity index (χ3v) is 3.10. The van der Waals surface area contributed by atoms with Gasteiger partial charge in [-0.3, -0.25) is 0 Å². The summed E-state index contributed by atoms with van der Waals surface area (Å²) < 4.78 is 11.4. The molecule has 0 fully saturated rings. The first-order valence-electron chi connectivity index (χ1n) is 6.16. The van der Waals surface area contributed by atoms with Crippen LogP contribution in [-0.4, -0.2) is 6.79 Å². The lowest BCUT2D eigenvalue weighted by molar-refractivity contribution is -0.686. The summed E-state index contributed by atoms with van der Waals surface area (Å²) in [6.45, 7) is 2.10. The molecule has 1 heterocycles. The van der Waals surface area contributed by atoms with Crippen molar-refractivity contribution in [2.75, 3.05) is 6.79 Å². The molecular formula is C15H16ClNO2. The van der Waals surface area contributed by atoms with E-state index < -0.39 is 0 Å². The minimum absolute atomic E-state index is 0. The highest BCUT2D eigenvalue weighted by molar-refractivity contribution is 5.34. The predicted molar refractivity (Wildman–Crippen MR) is 68.3 cm³/mol. The number of nitrogens with two attached hydrogens (primary N) is 1. The van der Waals surface area contributed by atoms with Crippen LogP contribution in [0.4, 0.5) is 0 Å². The van der Waals surface area contributed by atoms with Gasteiger partial charge in [0.15, 0.2) is 0 Å². The number of hydrogen-bond acceptors (Lipinski definition) is 2. The summed E-state index contributed by atoms with van der Waals surface area (Å²) in [6, 6.07) is 16.2. The van der Waals surface area contributed by atoms with Crippen molar-refractivity contribution in [3.05, 3.63) is 59.7 Å². The maximum Gasteiger partial charge on any atom is 0.230 e. The van der Waals surface area contributed by atoms with Crippen molar-refractivity contribution in [1.82, 2.24) is 0 Å². The fourth-order valence-electron chi connectivity index (χ4n) is 2.17. The van der Waals surface area contributed by atoms with Crippen molar-refractivity contribution in [2.24, 2.45) is 0 Å². The molecule has 2 aromatic rings. The Kier molecular flexibility index (Phi) is 4.66. The Balaban J connectivity index is 0.00000133. The molecule has 100 valence electrons. The molecule has 4 heteroatoms. The summed E-state index contributed by atoms with van der Waals surface area (Å²) in [5, 5.41) is 2.26. The van der Waals surface area contributed by atoms with Crippen LogP contribution in [0.25, 0.3) is 0 Å². The minimum atomic E-state index is 0. The largest absolute Gasteiger partial charge is 1.00 e. The maximum atomic E-state index is 5.68. The number of quaternary nitrogens is 1. The predicted octanol–water partition coefficient (Wildman–Crippen LogP) is -1.32. The molecule has 2 N–H and O–H groups in total. The Bertz CT molecular complexity index is 450. The number of ether oxygens (including phenoxy) is 2. The van der Waals surface area contributed by atoms with Gasteiger partial charge in [-0.15, -0.1) is 0 Å². The number of hydrogen-bond donors (Lipinski definition) is 1. The van der Waals surface area contributed by atoms with Crippen LogP contribution in [0.1, 0.15) is 11.1 Å². The number of halogens is 1. The van der Waals surface area contributed by atoms with Gasteiger partial charge in [0, 0.05) is 11.1 Å². The molecule has 3 nitrogen and oxygen atoms in total. The summed E-state index contributed by atoms with van der Waals surface area (Å²) in [6.07, 6.45) is 0. The van der Waals surface area contributed by atoms with E-state index in [1.54, 1.807) is 0 Å². The van der Waals surface area contributed by atoms with Crippen LogP contribution < -0.4 is 27.2 Å². The van der Waals surface area contributed by atoms with Crippen molar-refractivity contribution < 1.29 is 27.2 Å². The summed E-state index contributed by atoms with van der Waals surface area (Å²) in [4.78, 5) is 0. The lowest BCUT2D eigenvalue weighted by atomic mass is 10.1. The standard InChI is InChI=1S/C15H15NO2.ClH/c1-3-7-14-12(5-1)9-16-10-13-6-2-4-8-15(13)18-11-17-14;/h1-8,16H,9-11H2;1H. The van der Waals surface area contributed by atoms with Gasteiger partial charge in [0.1, 0.15) is 24.6 Å². The molecule has 0 atom stereocenters. The average Bonchev–Trinajstić information content (AvgIpc) is 2.43. The molecule has 0 unspecified atom stereocenters. The van der Waals surface area contributed by atoms with Gasteiger partial charge in [-0.2, -0.15) is 0 Å². The van der Waals surface area contributed by atoms with E-state index in [-0.39, 0.29) is 19.2 Å². The second kappa shape index (κ2) is 6.45. The van der Waals surface area contributed by atoms with E-state index >= 15 is 0 Å². The van der Waals surface area contributed by atoms with Crippen molar-refractivity contribution in [2.45, 2.75) is 13.1 Å². The van der Waals surface area contributed by atoms with Crippen molar-refractivity contribution in [3.8, 4) is 11.5 Å². The van der Waals surface area contributed by atoms with E-state index in [4.69, 9.17) is 9.47 Å². The van der Waals surface area contributed by atoms with Gasteiger partial charge in [-0.05, 0) is 24.3 Å². The Morgan fingerprint density at radius 1 is 0.737 bits per heavy atom. The van der Waals surface area contributed by atoms with Gasteiger partial charge in [0.2, 0.25) is 6.79 Å². The Labute approximate surface area is 119 Å². The monoisotopic (exact) mass is 277 g/mol. The smallest absolute Gasteiger partial charge is 0.230 e. The molecule has 2 aromatic carbocycles. The van der Waals surface area contributed by atoms with E-state index in [9.17, 15) is 0 Å². The Morgan fingerprint density at radius 2 is 1.21 bits per heavy atom. The van der Waals surface area contributed by atoms with Gasteiger partial charge < -0.3 is 27.2 Å². The Morgan fingerprint density at radius 3 is 1.74 bits per heavy atom. The lowest BCUT2D eigenvalue weighted by Crippen LogP contribution is -3.00. The third kappa shape index (κ3) is 3.19. The second-order valence-corrected chi connectivity index (χ2v) is 4.32. The molecule has 19 heavy (non-hydrogen) atoms. The zero-order chi connectivity index (χ0) is 12.2. The molecule has 0 aromatic heterocycles. The first-order valence-corrected chi connectivity index (χ1v) is 6.16. The van der Waals surface area contributed by atoms with E-state index in [0.29, 0.717) is 0 Å². The summed E-state index contributed by atoms with van der Waals surface area (Å²) in [7, 11) is 0. The molecule has 0 bridgehead atoms. The fourth-order valence-corrected chi connectivity index (χ4v) is 2.17. The van der Waals surface area contributed by atoms with Gasteiger partial charge >= 0.3 is 0 Å². The van der Waals surface area contributed by atoms with E-state index in [1.807, 2.05) is 36.4 Å². The maximum absolute atomic E-state index is 5.68. The molecular weight excluding hydrogens is 262 g/mol. The lowest BCUT2D eigenvalue weighted by Gasteiger charge is -2.16. The normalized spacial score (nSPS) is 13.9. The molecule has 0 saturated heterocycles. The minimum Gasteiger partial charge on any atom is -1.00 e. The number of benzene rings is 2. The second-order valence-electron chi connectivity index (χ2n) is 4.32. The van der Waals surface area contributed by atoms with Crippen LogP contribution in [0, 0.1) is 0 Å². The number of fused-ring (bicyclic) bond motifs is 2. The van der Waals surface area contributed by atoms with Gasteiger partial charge in [-0.1, -0.05) is 24.3 Å². The summed E-state index contributed by atoms with van der Waals surface area (Å²) >= 11 is 0. The topological polar surface area (TPSA) is 35.1 Å². The zero-order valence-electron chi connectivity index (χ0n) is 10.5. The molecule has 3 rings (SSSR count). The van der Waals surface area contributed by atoms with Crippen molar-refractivity contribution >= 4 is 0 Å². The molecule has 0 aliphatic carbocycles. The molecule has 0 spiro atoms. The molecule has 1 aliphatic heterocycles. The summed E-state index contributed by atoms with van der Waals surface area (Å²) in [5.41, 5.74) is 2.42. The van der Waals surface area contributed by atoms with E-state index in [1.165, 1.54) is 11.1 Å². The zero-order valence-corrected chi connectivity index (χ0v) is 11.3. The van der Waals surface area contributed by atoms with Crippen LogP contribution in [0.5, 0.6) is 11.5 Å². The molecule has 0 saturated carbocycles. The summed E-state index contributed by atoms with van der Waals surface area (Å²) in [5.74, 6) is 1.82. The van der Waals surface area contributed by atoms with Gasteiger partial charge in [0.25, 0.3) is 0 Å². The fraction of sp³-hybridized carbons (Fsp3) is 0.200. The highest BCUT2D eigenvalue weighted by Crippen LogP contribution is 2.21. The third-order valence-electron chi connectivity index (χ3n) is 3.10. The molecule has 1 aliphatic rings. The number of para-hydroxylation sites is 2. The van der Waals surface area contributed by atoms with Crippen LogP contribution in [-0.2, 0) is 13.1 Å². The van der Waals surface area contributed by atoms with E-state index in [2.05, 4.69) is 17.4 Å². The SMILES string of the molecule is [Cl-].c1ccc2c(c1)C[NH2+]Cc1ccccc1OCO2. The highest BCUT2D eigenvalue weighted by atomic mass is 35.5. The van der Waals surface area contributed by atoms with Crippen LogP contribution >= 0.6 is 0 Å². The average molecular weight is 278 g/mol. The van der Waals surface area contributed by atoms with Crippen LogP contribution in [0.2, 0.25) is 0 Å². The Hall–Kier alpha value is -1.71. The van der Waals surface area contributed by atoms with E-state index in [0.717, 1.165) is 24.6 Å². The van der Waals surface area contributed by atoms with Crippen LogP contribution in [0.3, 0.4) is 0 Å². The molecule has 0 amide bonds. The molecule has 0 radical (unpaired) electrons. The van der Waals surface area contributed by atoms with Crippen molar-refractivity contribution in [3.63, 3.8) is 0 Å². The van der Waals surface area contributed by atoms with Crippen LogP contribution in [0.15, 0.2) is 48.5 Å².